The minimum absolute atomic E-state index is 0.0359. The fourth-order valence-electron chi connectivity index (χ4n) is 3.41. The van der Waals surface area contributed by atoms with Gasteiger partial charge in [0.2, 0.25) is 0 Å². The number of hydrogen-bond donors (Lipinski definition) is 1. The average molecular weight is 305 g/mol. The molecule has 4 nitrogen and oxygen atoms in total. The van der Waals surface area contributed by atoms with E-state index in [9.17, 15) is 4.79 Å². The standard InChI is InChI=1S/C19H19N3O/c1-13(22-12-6-8-14-7-2-5-11-17(14)22)18-20-16-10-4-3-9-15(16)19(23)21-18/h2-5,7,9-11,13H,6,8,12H2,1H3,(H,20,21,23). The third-order valence-electron chi connectivity index (χ3n) is 4.64. The number of nitrogens with one attached hydrogen (secondary N) is 1. The van der Waals surface area contributed by atoms with E-state index < -0.39 is 0 Å². The fourth-order valence-corrected chi connectivity index (χ4v) is 3.41. The zero-order valence-corrected chi connectivity index (χ0v) is 13.1. The van der Waals surface area contributed by atoms with Crippen LogP contribution >= 0.6 is 0 Å². The number of rotatable bonds is 2. The van der Waals surface area contributed by atoms with Crippen LogP contribution in [0.15, 0.2) is 53.3 Å². The van der Waals surface area contributed by atoms with Crippen LogP contribution in [0.2, 0.25) is 0 Å². The number of fused-ring (bicyclic) bond motifs is 2. The van der Waals surface area contributed by atoms with Crippen molar-refractivity contribution >= 4 is 16.6 Å². The summed E-state index contributed by atoms with van der Waals surface area (Å²) >= 11 is 0. The van der Waals surface area contributed by atoms with E-state index >= 15 is 0 Å². The molecule has 0 aliphatic carbocycles. The van der Waals surface area contributed by atoms with Crippen LogP contribution < -0.4 is 10.5 Å². The molecule has 0 saturated carbocycles. The summed E-state index contributed by atoms with van der Waals surface area (Å²) < 4.78 is 0. The lowest BCUT2D eigenvalue weighted by atomic mass is 10.00. The third kappa shape index (κ3) is 2.40. The topological polar surface area (TPSA) is 49.0 Å². The van der Waals surface area contributed by atoms with Crippen LogP contribution in [0, 0.1) is 0 Å². The number of benzene rings is 2. The van der Waals surface area contributed by atoms with Crippen molar-refractivity contribution in [2.45, 2.75) is 25.8 Å². The highest BCUT2D eigenvalue weighted by atomic mass is 16.1. The number of aryl methyl sites for hydroxylation is 1. The molecule has 2 aromatic carbocycles. The molecule has 1 N–H and O–H groups in total. The number of aromatic amines is 1. The molecule has 0 saturated heterocycles. The van der Waals surface area contributed by atoms with Crippen LogP contribution in [0.25, 0.3) is 10.9 Å². The van der Waals surface area contributed by atoms with Crippen LogP contribution in [0.4, 0.5) is 5.69 Å². The summed E-state index contributed by atoms with van der Waals surface area (Å²) in [6, 6.07) is 16.0. The van der Waals surface area contributed by atoms with Gasteiger partial charge in [0.15, 0.2) is 0 Å². The zero-order valence-electron chi connectivity index (χ0n) is 13.1. The molecule has 1 aromatic heterocycles. The molecular weight excluding hydrogens is 286 g/mol. The maximum absolute atomic E-state index is 12.3. The fraction of sp³-hybridized carbons (Fsp3) is 0.263. The van der Waals surface area contributed by atoms with Crippen molar-refractivity contribution in [1.82, 2.24) is 9.97 Å². The maximum Gasteiger partial charge on any atom is 0.258 e. The Labute approximate surface area is 134 Å². The molecule has 2 heterocycles. The van der Waals surface area contributed by atoms with Crippen molar-refractivity contribution in [1.29, 1.82) is 0 Å². The van der Waals surface area contributed by atoms with E-state index in [0.717, 1.165) is 30.7 Å². The molecule has 3 aromatic rings. The molecule has 23 heavy (non-hydrogen) atoms. The summed E-state index contributed by atoms with van der Waals surface area (Å²) in [6.07, 6.45) is 2.24. The van der Waals surface area contributed by atoms with E-state index in [1.807, 2.05) is 24.3 Å². The molecule has 1 unspecified atom stereocenters. The first kappa shape index (κ1) is 14.0. The Hall–Kier alpha value is -2.62. The Morgan fingerprint density at radius 3 is 2.83 bits per heavy atom. The van der Waals surface area contributed by atoms with Gasteiger partial charge in [-0.2, -0.15) is 0 Å². The van der Waals surface area contributed by atoms with Crippen LogP contribution in [-0.4, -0.2) is 16.5 Å². The molecule has 1 aliphatic heterocycles. The van der Waals surface area contributed by atoms with Gasteiger partial charge in [0.1, 0.15) is 5.82 Å². The highest BCUT2D eigenvalue weighted by Crippen LogP contribution is 2.32. The molecule has 0 fully saturated rings. The lowest BCUT2D eigenvalue weighted by Gasteiger charge is -2.35. The van der Waals surface area contributed by atoms with Gasteiger partial charge in [-0.05, 0) is 43.5 Å². The predicted octanol–water partition coefficient (Wildman–Crippen LogP) is 3.44. The van der Waals surface area contributed by atoms with Gasteiger partial charge in [0.05, 0.1) is 16.9 Å². The molecule has 4 heteroatoms. The molecule has 1 atom stereocenters. The summed E-state index contributed by atoms with van der Waals surface area (Å²) in [5.41, 5.74) is 3.31. The monoisotopic (exact) mass is 305 g/mol. The van der Waals surface area contributed by atoms with Crippen molar-refractivity contribution in [3.63, 3.8) is 0 Å². The van der Waals surface area contributed by atoms with Crippen LogP contribution in [0.3, 0.4) is 0 Å². The minimum Gasteiger partial charge on any atom is -0.361 e. The molecule has 0 bridgehead atoms. The van der Waals surface area contributed by atoms with Crippen molar-refractivity contribution in [3.8, 4) is 0 Å². The summed E-state index contributed by atoms with van der Waals surface area (Å²) in [6.45, 7) is 3.09. The predicted molar refractivity (Wildman–Crippen MR) is 92.9 cm³/mol. The molecule has 0 radical (unpaired) electrons. The minimum atomic E-state index is -0.0669. The largest absolute Gasteiger partial charge is 0.361 e. The van der Waals surface area contributed by atoms with Gasteiger partial charge in [-0.1, -0.05) is 30.3 Å². The summed E-state index contributed by atoms with van der Waals surface area (Å²) in [7, 11) is 0. The van der Waals surface area contributed by atoms with Gasteiger partial charge in [0.25, 0.3) is 5.56 Å². The lowest BCUT2D eigenvalue weighted by molar-refractivity contribution is 0.591. The van der Waals surface area contributed by atoms with Crippen molar-refractivity contribution in [2.75, 3.05) is 11.4 Å². The second kappa shape index (κ2) is 5.54. The van der Waals surface area contributed by atoms with Gasteiger partial charge in [-0.3, -0.25) is 4.79 Å². The summed E-state index contributed by atoms with van der Waals surface area (Å²) in [5.74, 6) is 0.727. The molecule has 0 amide bonds. The molecule has 116 valence electrons. The molecule has 4 rings (SSSR count). The Kier molecular flexibility index (Phi) is 3.37. The smallest absolute Gasteiger partial charge is 0.258 e. The van der Waals surface area contributed by atoms with Gasteiger partial charge in [-0.25, -0.2) is 4.98 Å². The molecule has 1 aliphatic rings. The summed E-state index contributed by atoms with van der Waals surface area (Å²) in [4.78, 5) is 22.3. The first-order valence-electron chi connectivity index (χ1n) is 8.07. The quantitative estimate of drug-likeness (QED) is 0.789. The number of aromatic nitrogens is 2. The van der Waals surface area contributed by atoms with Crippen molar-refractivity contribution in [2.24, 2.45) is 0 Å². The Morgan fingerprint density at radius 1 is 1.13 bits per heavy atom. The Balaban J connectivity index is 1.78. The molecular formula is C19H19N3O. The van der Waals surface area contributed by atoms with Crippen LogP contribution in [0.1, 0.15) is 30.8 Å². The number of nitrogens with zero attached hydrogens (tertiary/aromatic N) is 2. The number of anilines is 1. The number of H-pyrrole nitrogens is 1. The first-order valence-corrected chi connectivity index (χ1v) is 8.07. The first-order chi connectivity index (χ1) is 11.2. The highest BCUT2D eigenvalue weighted by Gasteiger charge is 2.23. The van der Waals surface area contributed by atoms with E-state index in [1.165, 1.54) is 11.3 Å². The third-order valence-corrected chi connectivity index (χ3v) is 4.64. The van der Waals surface area contributed by atoms with Crippen LogP contribution in [-0.2, 0) is 6.42 Å². The van der Waals surface area contributed by atoms with Crippen molar-refractivity contribution in [3.05, 3.63) is 70.3 Å². The van der Waals surface area contributed by atoms with Gasteiger partial charge >= 0.3 is 0 Å². The summed E-state index contributed by atoms with van der Waals surface area (Å²) in [5, 5.41) is 0.641. The highest BCUT2D eigenvalue weighted by molar-refractivity contribution is 5.77. The van der Waals surface area contributed by atoms with E-state index in [-0.39, 0.29) is 11.6 Å². The van der Waals surface area contributed by atoms with Gasteiger partial charge in [0, 0.05) is 12.2 Å². The van der Waals surface area contributed by atoms with E-state index in [1.54, 1.807) is 0 Å². The van der Waals surface area contributed by atoms with E-state index in [2.05, 4.69) is 46.1 Å². The van der Waals surface area contributed by atoms with Crippen LogP contribution in [0.5, 0.6) is 0 Å². The lowest BCUT2D eigenvalue weighted by Crippen LogP contribution is -2.33. The Morgan fingerprint density at radius 2 is 1.91 bits per heavy atom. The van der Waals surface area contributed by atoms with E-state index in [4.69, 9.17) is 0 Å². The number of hydrogen-bond acceptors (Lipinski definition) is 3. The zero-order chi connectivity index (χ0) is 15.8. The maximum atomic E-state index is 12.3. The Bertz CT molecular complexity index is 916. The SMILES string of the molecule is CC(c1nc2ccccc2c(=O)[nH]1)N1CCCc2ccccc21. The second-order valence-electron chi connectivity index (χ2n) is 6.07. The molecule has 0 spiro atoms. The van der Waals surface area contributed by atoms with Crippen molar-refractivity contribution < 1.29 is 0 Å². The average Bonchev–Trinajstić information content (AvgIpc) is 2.60. The van der Waals surface area contributed by atoms with E-state index in [0.29, 0.717) is 5.39 Å². The number of para-hydroxylation sites is 2. The van der Waals surface area contributed by atoms with Gasteiger partial charge < -0.3 is 9.88 Å². The second-order valence-corrected chi connectivity index (χ2v) is 6.07. The van der Waals surface area contributed by atoms with Gasteiger partial charge in [-0.15, -0.1) is 0 Å². The normalized spacial score (nSPS) is 15.4.